The quantitative estimate of drug-likeness (QED) is 0.173. The Balaban J connectivity index is 1.01. The zero-order valence-corrected chi connectivity index (χ0v) is 31.2. The van der Waals surface area contributed by atoms with Gasteiger partial charge in [-0.2, -0.15) is 0 Å². The van der Waals surface area contributed by atoms with E-state index in [1.165, 1.54) is 71.6 Å². The van der Waals surface area contributed by atoms with Crippen molar-refractivity contribution < 1.29 is 0 Å². The van der Waals surface area contributed by atoms with Gasteiger partial charge in [0.05, 0.1) is 22.1 Å². The van der Waals surface area contributed by atoms with Gasteiger partial charge in [-0.3, -0.25) is 0 Å². The minimum Gasteiger partial charge on any atom is -0.355 e. The molecule has 0 bridgehead atoms. The summed E-state index contributed by atoms with van der Waals surface area (Å²) in [6.45, 7) is 0. The number of rotatable bonds is 7. The van der Waals surface area contributed by atoms with E-state index in [-0.39, 0.29) is 0 Å². The average Bonchev–Trinajstić information content (AvgIpc) is 3.80. The van der Waals surface area contributed by atoms with Crippen LogP contribution in [-0.4, -0.2) is 9.13 Å². The normalized spacial score (nSPS) is 11.5. The lowest BCUT2D eigenvalue weighted by Crippen LogP contribution is -1.96. The molecule has 0 saturated heterocycles. The summed E-state index contributed by atoms with van der Waals surface area (Å²) in [5.74, 6) is 0. The van der Waals surface area contributed by atoms with Crippen LogP contribution in [0.3, 0.4) is 0 Å². The standard InChI is InChI=1S/C54H37N3/c1-4-14-42(15-5-1)55-50-32-29-39(34-48(50)41-28-31-47-45-20-10-12-22-51(45)57(54(47)36-41)44-18-8-3-9-19-44)37-24-26-38(27-25-37)40-30-33-53-49(35-40)46-21-11-13-23-52(46)56(53)43-16-6-2-7-17-43/h1-36,55H. The Labute approximate surface area is 331 Å². The molecule has 1 N–H and O–H groups in total. The van der Waals surface area contributed by atoms with Crippen molar-refractivity contribution in [2.45, 2.75) is 0 Å². The topological polar surface area (TPSA) is 21.9 Å². The Bertz CT molecular complexity index is 3230. The summed E-state index contributed by atoms with van der Waals surface area (Å²) in [6.07, 6.45) is 0. The maximum absolute atomic E-state index is 3.73. The molecule has 0 fully saturated rings. The van der Waals surface area contributed by atoms with E-state index < -0.39 is 0 Å². The summed E-state index contributed by atoms with van der Waals surface area (Å²) in [4.78, 5) is 0. The Morgan fingerprint density at radius 1 is 0.281 bits per heavy atom. The van der Waals surface area contributed by atoms with Crippen molar-refractivity contribution in [2.24, 2.45) is 0 Å². The molecule has 3 heteroatoms. The van der Waals surface area contributed by atoms with Gasteiger partial charge in [0.15, 0.2) is 0 Å². The van der Waals surface area contributed by atoms with Crippen molar-refractivity contribution in [3.63, 3.8) is 0 Å². The fourth-order valence-corrected chi connectivity index (χ4v) is 8.60. The molecule has 2 heterocycles. The van der Waals surface area contributed by atoms with E-state index in [0.717, 1.165) is 28.2 Å². The molecular weight excluding hydrogens is 691 g/mol. The largest absolute Gasteiger partial charge is 0.355 e. The summed E-state index contributed by atoms with van der Waals surface area (Å²) in [7, 11) is 0. The third-order valence-corrected chi connectivity index (χ3v) is 11.3. The molecular formula is C54H37N3. The van der Waals surface area contributed by atoms with Gasteiger partial charge in [0.25, 0.3) is 0 Å². The number of hydrogen-bond donors (Lipinski definition) is 1. The third kappa shape index (κ3) is 5.68. The molecule has 9 aromatic carbocycles. The smallest absolute Gasteiger partial charge is 0.0547 e. The van der Waals surface area contributed by atoms with Crippen LogP contribution in [0.2, 0.25) is 0 Å². The second-order valence-corrected chi connectivity index (χ2v) is 14.7. The van der Waals surface area contributed by atoms with E-state index in [9.17, 15) is 0 Å². The molecule has 0 aliphatic heterocycles. The average molecular weight is 728 g/mol. The highest BCUT2D eigenvalue weighted by molar-refractivity contribution is 6.11. The Hall–Kier alpha value is -7.62. The highest BCUT2D eigenvalue weighted by Crippen LogP contribution is 2.40. The second-order valence-electron chi connectivity index (χ2n) is 14.7. The molecule has 0 saturated carbocycles. The second kappa shape index (κ2) is 13.6. The molecule has 0 aliphatic carbocycles. The number of para-hydroxylation sites is 5. The van der Waals surface area contributed by atoms with Crippen LogP contribution in [0.15, 0.2) is 218 Å². The molecule has 57 heavy (non-hydrogen) atoms. The summed E-state index contributed by atoms with van der Waals surface area (Å²) in [5, 5.41) is 8.74. The van der Waals surface area contributed by atoms with Crippen molar-refractivity contribution in [3.05, 3.63) is 218 Å². The van der Waals surface area contributed by atoms with E-state index in [1.807, 2.05) is 0 Å². The summed E-state index contributed by atoms with van der Waals surface area (Å²) >= 11 is 0. The van der Waals surface area contributed by atoms with Gasteiger partial charge in [0.1, 0.15) is 0 Å². The number of benzene rings is 9. The highest BCUT2D eigenvalue weighted by atomic mass is 15.0. The maximum atomic E-state index is 3.73. The number of anilines is 2. The van der Waals surface area contributed by atoms with E-state index >= 15 is 0 Å². The Kier molecular flexibility index (Phi) is 7.82. The molecule has 268 valence electrons. The van der Waals surface area contributed by atoms with Crippen molar-refractivity contribution in [3.8, 4) is 44.8 Å². The molecule has 0 atom stereocenters. The molecule has 11 aromatic rings. The predicted octanol–water partition coefficient (Wildman–Crippen LogP) is 14.6. The van der Waals surface area contributed by atoms with Gasteiger partial charge in [-0.1, -0.05) is 140 Å². The maximum Gasteiger partial charge on any atom is 0.0547 e. The van der Waals surface area contributed by atoms with Crippen molar-refractivity contribution in [1.29, 1.82) is 0 Å². The van der Waals surface area contributed by atoms with Gasteiger partial charge in [-0.25, -0.2) is 0 Å². The number of nitrogens with zero attached hydrogens (tertiary/aromatic N) is 2. The van der Waals surface area contributed by atoms with Crippen LogP contribution in [0.4, 0.5) is 11.4 Å². The van der Waals surface area contributed by atoms with Gasteiger partial charge in [-0.05, 0) is 107 Å². The lowest BCUT2D eigenvalue weighted by atomic mass is 9.95. The van der Waals surface area contributed by atoms with E-state index in [4.69, 9.17) is 0 Å². The van der Waals surface area contributed by atoms with Crippen LogP contribution < -0.4 is 5.32 Å². The lowest BCUT2D eigenvalue weighted by Gasteiger charge is -2.16. The van der Waals surface area contributed by atoms with Gasteiger partial charge in [0, 0.05) is 49.9 Å². The van der Waals surface area contributed by atoms with Crippen LogP contribution in [0, 0.1) is 0 Å². The van der Waals surface area contributed by atoms with Crippen molar-refractivity contribution in [2.75, 3.05) is 5.32 Å². The van der Waals surface area contributed by atoms with E-state index in [1.54, 1.807) is 0 Å². The minimum absolute atomic E-state index is 1.05. The minimum atomic E-state index is 1.05. The molecule has 0 amide bonds. The van der Waals surface area contributed by atoms with Crippen LogP contribution in [0.25, 0.3) is 88.4 Å². The number of nitrogens with one attached hydrogen (secondary N) is 1. The Morgan fingerprint density at radius 3 is 1.39 bits per heavy atom. The first-order valence-electron chi connectivity index (χ1n) is 19.5. The molecule has 2 aromatic heterocycles. The first-order valence-corrected chi connectivity index (χ1v) is 19.5. The van der Waals surface area contributed by atoms with Gasteiger partial charge >= 0.3 is 0 Å². The highest BCUT2D eigenvalue weighted by Gasteiger charge is 2.17. The predicted molar refractivity (Wildman–Crippen MR) is 241 cm³/mol. The van der Waals surface area contributed by atoms with Gasteiger partial charge in [0.2, 0.25) is 0 Å². The van der Waals surface area contributed by atoms with Crippen molar-refractivity contribution >= 4 is 55.0 Å². The van der Waals surface area contributed by atoms with Crippen molar-refractivity contribution in [1.82, 2.24) is 9.13 Å². The number of aromatic nitrogens is 2. The first-order chi connectivity index (χ1) is 28.3. The Morgan fingerprint density at radius 2 is 0.737 bits per heavy atom. The monoisotopic (exact) mass is 727 g/mol. The van der Waals surface area contributed by atoms with Crippen LogP contribution in [-0.2, 0) is 0 Å². The summed E-state index contributed by atoms with van der Waals surface area (Å²) < 4.78 is 4.75. The fraction of sp³-hybridized carbons (Fsp3) is 0. The van der Waals surface area contributed by atoms with E-state index in [0.29, 0.717) is 0 Å². The summed E-state index contributed by atoms with van der Waals surface area (Å²) in [6, 6.07) is 78.7. The molecule has 0 unspecified atom stereocenters. The van der Waals surface area contributed by atoms with Gasteiger partial charge < -0.3 is 14.5 Å². The van der Waals surface area contributed by atoms with Crippen LogP contribution in [0.1, 0.15) is 0 Å². The molecule has 0 radical (unpaired) electrons. The molecule has 11 rings (SSSR count). The van der Waals surface area contributed by atoms with Crippen LogP contribution >= 0.6 is 0 Å². The first kappa shape index (κ1) is 32.8. The summed E-state index contributed by atoms with van der Waals surface area (Å²) in [5.41, 5.74) is 16.3. The number of hydrogen-bond acceptors (Lipinski definition) is 1. The zero-order chi connectivity index (χ0) is 37.7. The van der Waals surface area contributed by atoms with Gasteiger partial charge in [-0.15, -0.1) is 0 Å². The molecule has 0 spiro atoms. The lowest BCUT2D eigenvalue weighted by molar-refractivity contribution is 1.18. The van der Waals surface area contributed by atoms with E-state index in [2.05, 4.69) is 233 Å². The van der Waals surface area contributed by atoms with Crippen LogP contribution in [0.5, 0.6) is 0 Å². The fourth-order valence-electron chi connectivity index (χ4n) is 8.60. The zero-order valence-electron chi connectivity index (χ0n) is 31.2. The third-order valence-electron chi connectivity index (χ3n) is 11.3. The molecule has 0 aliphatic rings. The SMILES string of the molecule is c1ccc(Nc2ccc(-c3ccc(-c4ccc5c(c4)c4ccccc4n5-c4ccccc4)cc3)cc2-c2ccc3c4ccccc4n(-c4ccccc4)c3c2)cc1. The number of fused-ring (bicyclic) bond motifs is 6. The molecule has 3 nitrogen and oxygen atoms in total.